The van der Waals surface area contributed by atoms with Crippen molar-refractivity contribution in [3.63, 3.8) is 0 Å². The number of fused-ring (bicyclic) bond motifs is 2. The highest BCUT2D eigenvalue weighted by atomic mass is 19.4. The first-order valence-corrected chi connectivity index (χ1v) is 23.9. The van der Waals surface area contributed by atoms with Gasteiger partial charge in [-0.25, -0.2) is 28.4 Å². The van der Waals surface area contributed by atoms with Crippen molar-refractivity contribution in [1.29, 1.82) is 0 Å². The van der Waals surface area contributed by atoms with E-state index in [1.165, 1.54) is 24.4 Å². The van der Waals surface area contributed by atoms with E-state index in [-0.39, 0.29) is 11.3 Å². The molecule has 76 heavy (non-hydrogen) atoms. The molecule has 4 heterocycles. The summed E-state index contributed by atoms with van der Waals surface area (Å²) >= 11 is 0. The highest BCUT2D eigenvalue weighted by molar-refractivity contribution is 5.87. The number of alkyl carbamates (subject to hydrolysis) is 2. The summed E-state index contributed by atoms with van der Waals surface area (Å²) in [5, 5.41) is 18.7. The van der Waals surface area contributed by atoms with Crippen molar-refractivity contribution in [2.75, 3.05) is 45.8 Å². The molecule has 0 saturated carbocycles. The average Bonchev–Trinajstić information content (AvgIpc) is 3.54. The maximum absolute atomic E-state index is 16.0. The van der Waals surface area contributed by atoms with Gasteiger partial charge in [-0.05, 0) is 108 Å². The van der Waals surface area contributed by atoms with Gasteiger partial charge < -0.3 is 35.4 Å². The number of carbonyl (C=O) groups is 4. The van der Waals surface area contributed by atoms with Gasteiger partial charge in [0.05, 0.1) is 42.9 Å². The van der Waals surface area contributed by atoms with Gasteiger partial charge in [0.15, 0.2) is 0 Å². The molecule has 2 aliphatic heterocycles. The minimum atomic E-state index is -5.18. The van der Waals surface area contributed by atoms with Gasteiger partial charge in [0.2, 0.25) is 5.91 Å². The number of carbonyl (C=O) groups excluding carboxylic acids is 4. The summed E-state index contributed by atoms with van der Waals surface area (Å²) in [5.41, 5.74) is -3.19. The number of pyridine rings is 2. The number of nitrogens with one attached hydrogen (secondary N) is 4. The van der Waals surface area contributed by atoms with Crippen molar-refractivity contribution in [3.05, 3.63) is 113 Å². The Hall–Kier alpha value is -7.10. The third-order valence-corrected chi connectivity index (χ3v) is 13.9. The molecular formula is C52H59F8N9O7. The van der Waals surface area contributed by atoms with Gasteiger partial charge in [0, 0.05) is 72.9 Å². The van der Waals surface area contributed by atoms with Crippen LogP contribution in [-0.4, -0.2) is 139 Å². The summed E-state index contributed by atoms with van der Waals surface area (Å²) in [5.74, 6) is 1.32. The maximum Gasteiger partial charge on any atom is 0.407 e. The highest BCUT2D eigenvalue weighted by Gasteiger charge is 2.57. The van der Waals surface area contributed by atoms with Crippen LogP contribution in [0.2, 0.25) is 0 Å². The molecule has 2 aromatic heterocycles. The fourth-order valence-corrected chi connectivity index (χ4v) is 8.80. The summed E-state index contributed by atoms with van der Waals surface area (Å²) in [7, 11) is 3.80. The number of anilines is 1. The van der Waals surface area contributed by atoms with E-state index >= 15 is 8.78 Å². The van der Waals surface area contributed by atoms with Crippen LogP contribution in [0.1, 0.15) is 62.8 Å². The second-order valence-electron chi connectivity index (χ2n) is 19.8. The zero-order valence-electron chi connectivity index (χ0n) is 42.6. The van der Waals surface area contributed by atoms with E-state index in [9.17, 15) is 50.6 Å². The van der Waals surface area contributed by atoms with Gasteiger partial charge in [-0.3, -0.25) is 24.9 Å². The first-order valence-electron chi connectivity index (χ1n) is 23.9. The quantitative estimate of drug-likeness (QED) is 0.0431. The minimum Gasteiger partial charge on any atom is -0.453 e. The lowest BCUT2D eigenvalue weighted by Gasteiger charge is -2.39. The third kappa shape index (κ3) is 13.8. The Morgan fingerprint density at radius 1 is 0.763 bits per heavy atom. The molecule has 2 bridgehead atoms. The number of aliphatic hydroxyl groups excluding tert-OH is 1. The van der Waals surface area contributed by atoms with Gasteiger partial charge in [0.1, 0.15) is 29.5 Å². The van der Waals surface area contributed by atoms with E-state index < -0.39 is 108 Å². The van der Waals surface area contributed by atoms with Crippen LogP contribution in [0, 0.1) is 34.3 Å². The van der Waals surface area contributed by atoms with E-state index in [1.807, 2.05) is 22.8 Å². The number of likely N-dealkylation sites (N-methyl/N-ethyl adjacent to an activating group) is 1. The van der Waals surface area contributed by atoms with Crippen LogP contribution in [0.25, 0.3) is 11.3 Å². The number of hydrogen-bond acceptors (Lipinski definition) is 12. The molecule has 0 aliphatic carbocycles. The number of halogens is 8. The van der Waals surface area contributed by atoms with Gasteiger partial charge in [-0.15, -0.1) is 0 Å². The molecule has 2 aliphatic rings. The Labute approximate surface area is 433 Å². The van der Waals surface area contributed by atoms with Crippen molar-refractivity contribution in [2.45, 2.75) is 102 Å². The topological polar surface area (TPSA) is 191 Å². The van der Waals surface area contributed by atoms with Gasteiger partial charge >= 0.3 is 24.5 Å². The number of alkyl halides is 6. The molecule has 24 heteroatoms. The zero-order valence-corrected chi connectivity index (χ0v) is 42.6. The fraction of sp³-hybridized carbons (Fsp3) is 0.462. The van der Waals surface area contributed by atoms with Crippen molar-refractivity contribution in [2.24, 2.45) is 10.8 Å². The van der Waals surface area contributed by atoms with Crippen molar-refractivity contribution >= 4 is 29.8 Å². The predicted octanol–water partition coefficient (Wildman–Crippen LogP) is 6.65. The normalized spacial score (nSPS) is 17.6. The van der Waals surface area contributed by atoms with Crippen molar-refractivity contribution < 1.29 is 68.9 Å². The molecule has 410 valence electrons. The minimum absolute atomic E-state index is 0.0281. The molecule has 2 aromatic carbocycles. The Bertz CT molecular complexity index is 2720. The Morgan fingerprint density at radius 2 is 1.30 bits per heavy atom. The first kappa shape index (κ1) is 58.2. The van der Waals surface area contributed by atoms with Crippen molar-refractivity contribution in [1.82, 2.24) is 41.3 Å². The molecule has 2 fully saturated rings. The highest BCUT2D eigenvalue weighted by Crippen LogP contribution is 2.42. The molecule has 0 radical (unpaired) electrons. The SMILES string of the molecule is COC(=O)N[C@H](C(=O)N[C@@H](Cc1ccc(C#Cc2ccc(N3CC4CCC(C3)N4C)nc2)cc1)[C@@H](O)CN(Cc1c(F)cc(-c2ccccn2)cc1F)NC(=O)[C@@H](NC(=O)OC)C(C)(C)C(F)(F)F)C(C)(C)C(F)(F)F. The molecule has 2 saturated heterocycles. The number of nitrogens with zero attached hydrogens (tertiary/aromatic N) is 5. The van der Waals surface area contributed by atoms with Crippen LogP contribution < -0.4 is 26.3 Å². The smallest absolute Gasteiger partial charge is 0.407 e. The van der Waals surface area contributed by atoms with Crippen LogP contribution in [0.5, 0.6) is 0 Å². The molecule has 4 aromatic rings. The van der Waals surface area contributed by atoms with Crippen LogP contribution in [0.15, 0.2) is 79.1 Å². The van der Waals surface area contributed by atoms with Crippen molar-refractivity contribution in [3.8, 4) is 23.1 Å². The predicted molar refractivity (Wildman–Crippen MR) is 262 cm³/mol. The average molecular weight is 1070 g/mol. The number of piperazine rings is 1. The van der Waals surface area contributed by atoms with E-state index in [0.717, 1.165) is 58.1 Å². The van der Waals surface area contributed by atoms with Crippen LogP contribution in [0.4, 0.5) is 50.5 Å². The number of ether oxygens (including phenoxy) is 2. The maximum atomic E-state index is 16.0. The van der Waals surface area contributed by atoms with Gasteiger partial charge in [0.25, 0.3) is 5.91 Å². The lowest BCUT2D eigenvalue weighted by molar-refractivity contribution is -0.221. The first-order chi connectivity index (χ1) is 35.6. The molecule has 2 unspecified atom stereocenters. The van der Waals surface area contributed by atoms with Gasteiger partial charge in [-0.1, -0.05) is 30.0 Å². The second kappa shape index (κ2) is 23.8. The van der Waals surface area contributed by atoms with E-state index in [1.54, 1.807) is 30.5 Å². The van der Waals surface area contributed by atoms with E-state index in [2.05, 4.69) is 58.9 Å². The monoisotopic (exact) mass is 1070 g/mol. The summed E-state index contributed by atoms with van der Waals surface area (Å²) in [6, 6.07) is 10.6. The number of rotatable bonds is 17. The molecule has 5 N–H and O–H groups in total. The molecular weight excluding hydrogens is 1010 g/mol. The third-order valence-electron chi connectivity index (χ3n) is 13.9. The summed E-state index contributed by atoms with van der Waals surface area (Å²) in [4.78, 5) is 66.2. The standard InChI is InChI=1S/C52H59F8N9O7/c1-49(2,51(55,56)57)43(64-47(73)75-6)45(71)63-40(22-31-14-11-30(12-15-31)13-16-32-17-20-42(62-25-32)68-26-34-18-19-35(27-68)67(34)5)41(70)29-69(66-46(72)44(65-48(74)76-7)50(3,4)52(58,59)60)28-36-37(53)23-33(24-38(36)54)39-10-8-9-21-61-39/h8-12,14-15,17,20-21,23-25,34-35,40-41,43-44,70H,18-19,22,26-29H2,1-7H3,(H,63,71)(H,64,73)(H,65,74)(H,66,72)/t34?,35?,40-,41-,43+,44+/m0/s1. The Morgan fingerprint density at radius 3 is 1.80 bits per heavy atom. The van der Waals surface area contributed by atoms with E-state index in [0.29, 0.717) is 61.5 Å². The summed E-state index contributed by atoms with van der Waals surface area (Å²) in [6.07, 6.45) is -10.4. The molecule has 6 rings (SSSR count). The summed E-state index contributed by atoms with van der Waals surface area (Å²) in [6.45, 7) is 2.09. The molecule has 4 amide bonds. The number of amides is 4. The number of hydrogen-bond donors (Lipinski definition) is 5. The lowest BCUT2D eigenvalue weighted by atomic mass is 9.82. The summed E-state index contributed by atoms with van der Waals surface area (Å²) < 4.78 is 128. The van der Waals surface area contributed by atoms with Crippen LogP contribution in [-0.2, 0) is 32.0 Å². The van der Waals surface area contributed by atoms with Crippen LogP contribution in [0.3, 0.4) is 0 Å². The second-order valence-corrected chi connectivity index (χ2v) is 19.8. The number of methoxy groups -OCH3 is 2. The Kier molecular flexibility index (Phi) is 18.2. The number of benzene rings is 2. The Balaban J connectivity index is 1.33. The van der Waals surface area contributed by atoms with Gasteiger partial charge in [-0.2, -0.15) is 26.3 Å². The molecule has 6 atom stereocenters. The number of aromatic nitrogens is 2. The largest absolute Gasteiger partial charge is 0.453 e. The zero-order chi connectivity index (χ0) is 55.9. The van der Waals surface area contributed by atoms with Crippen LogP contribution >= 0.6 is 0 Å². The molecule has 16 nitrogen and oxygen atoms in total. The van der Waals surface area contributed by atoms with E-state index in [4.69, 9.17) is 0 Å². The fourth-order valence-electron chi connectivity index (χ4n) is 8.80. The lowest BCUT2D eigenvalue weighted by Crippen LogP contribution is -2.63. The number of hydrazine groups is 1. The molecule has 0 spiro atoms. The number of aliphatic hydroxyl groups is 1.